The van der Waals surface area contributed by atoms with E-state index in [-0.39, 0.29) is 0 Å². The fraction of sp³-hybridized carbons (Fsp3) is 1.00. The molecule has 0 spiro atoms. The van der Waals surface area contributed by atoms with Crippen molar-refractivity contribution in [3.05, 3.63) is 0 Å². The van der Waals surface area contributed by atoms with Gasteiger partial charge in [0.1, 0.15) is 0 Å². The van der Waals surface area contributed by atoms with Crippen LogP contribution in [0.5, 0.6) is 0 Å². The second-order valence-corrected chi connectivity index (χ2v) is 5.37. The predicted octanol–water partition coefficient (Wildman–Crippen LogP) is 2.54. The van der Waals surface area contributed by atoms with Crippen molar-refractivity contribution < 1.29 is 0 Å². The molecular weight excluding hydrogens is 151 g/mol. The van der Waals surface area contributed by atoms with Crippen molar-refractivity contribution in [3.8, 4) is 0 Å². The maximum Gasteiger partial charge on any atom is -0.0328 e. The quantitative estimate of drug-likeness (QED) is 0.528. The molecule has 0 aromatic rings. The fourth-order valence-corrected chi connectivity index (χ4v) is 4.30. The normalized spacial score (nSPS) is 59.2. The lowest BCUT2D eigenvalue weighted by molar-refractivity contribution is -0.133. The molecule has 0 aromatic carbocycles. The first-order valence-electron chi connectivity index (χ1n) is 5.08. The summed E-state index contributed by atoms with van der Waals surface area (Å²) in [5.74, 6) is 5.86. The van der Waals surface area contributed by atoms with E-state index in [0.29, 0.717) is 0 Å². The Morgan fingerprint density at radius 1 is 0.909 bits per heavy atom. The summed E-state index contributed by atoms with van der Waals surface area (Å²) in [4.78, 5) is 0. The SMILES string of the molecule is PCC1CC2CC3CC(C1)C23. The van der Waals surface area contributed by atoms with Crippen LogP contribution in [0, 0.1) is 29.6 Å². The molecule has 0 heterocycles. The van der Waals surface area contributed by atoms with Crippen molar-refractivity contribution in [1.29, 1.82) is 0 Å². The molecule has 0 saturated heterocycles. The van der Waals surface area contributed by atoms with Crippen LogP contribution in [-0.4, -0.2) is 6.16 Å². The highest BCUT2D eigenvalue weighted by Gasteiger charge is 2.56. The van der Waals surface area contributed by atoms with Crippen LogP contribution in [0.2, 0.25) is 0 Å². The molecule has 0 amide bonds. The van der Waals surface area contributed by atoms with Crippen molar-refractivity contribution in [2.24, 2.45) is 29.6 Å². The monoisotopic (exact) mass is 168 g/mol. The summed E-state index contributed by atoms with van der Waals surface area (Å²) in [6.07, 6.45) is 7.71. The third-order valence-corrected chi connectivity index (χ3v) is 5.12. The molecule has 0 radical (unpaired) electrons. The van der Waals surface area contributed by atoms with Gasteiger partial charge in [-0.1, -0.05) is 0 Å². The van der Waals surface area contributed by atoms with E-state index in [1.807, 2.05) is 0 Å². The summed E-state index contributed by atoms with van der Waals surface area (Å²) in [6.45, 7) is 0. The Morgan fingerprint density at radius 3 is 1.91 bits per heavy atom. The van der Waals surface area contributed by atoms with Crippen molar-refractivity contribution >= 4 is 9.24 Å². The van der Waals surface area contributed by atoms with Crippen LogP contribution < -0.4 is 0 Å². The van der Waals surface area contributed by atoms with Gasteiger partial charge in [0.15, 0.2) is 0 Å². The summed E-state index contributed by atoms with van der Waals surface area (Å²) in [6, 6.07) is 0. The maximum absolute atomic E-state index is 2.93. The molecule has 1 heteroatoms. The highest BCUT2D eigenvalue weighted by Crippen LogP contribution is 2.64. The Hall–Kier alpha value is 0.430. The van der Waals surface area contributed by atoms with Gasteiger partial charge in [-0.25, -0.2) is 0 Å². The van der Waals surface area contributed by atoms with Crippen LogP contribution in [0.4, 0.5) is 0 Å². The van der Waals surface area contributed by atoms with Crippen LogP contribution in [-0.2, 0) is 0 Å². The Labute approximate surface area is 71.3 Å². The molecule has 3 aliphatic carbocycles. The Balaban J connectivity index is 1.72. The van der Waals surface area contributed by atoms with E-state index in [4.69, 9.17) is 0 Å². The van der Waals surface area contributed by atoms with Gasteiger partial charge in [0, 0.05) is 0 Å². The van der Waals surface area contributed by atoms with Gasteiger partial charge in [-0.2, -0.15) is 0 Å². The van der Waals surface area contributed by atoms with E-state index in [1.165, 1.54) is 29.8 Å². The van der Waals surface area contributed by atoms with Crippen LogP contribution >= 0.6 is 9.24 Å². The molecule has 3 fully saturated rings. The Bertz CT molecular complexity index is 162. The second-order valence-electron chi connectivity index (χ2n) is 4.90. The summed E-state index contributed by atoms with van der Waals surface area (Å²) in [5.41, 5.74) is 0. The zero-order chi connectivity index (χ0) is 7.42. The number of rotatable bonds is 1. The summed E-state index contributed by atoms with van der Waals surface area (Å²) in [7, 11) is 2.93. The minimum absolute atomic E-state index is 1.08. The maximum atomic E-state index is 2.93. The Kier molecular flexibility index (Phi) is 1.39. The minimum Gasteiger partial charge on any atom is -0.137 e. The summed E-state index contributed by atoms with van der Waals surface area (Å²) in [5, 5.41) is 0. The van der Waals surface area contributed by atoms with E-state index in [0.717, 1.165) is 5.92 Å². The molecule has 3 atom stereocenters. The molecule has 3 aliphatic rings. The minimum atomic E-state index is 1.08. The van der Waals surface area contributed by atoms with Crippen molar-refractivity contribution in [2.75, 3.05) is 6.16 Å². The summed E-state index contributed by atoms with van der Waals surface area (Å²) >= 11 is 0. The molecular formula is C10H17P. The fourth-order valence-electron chi connectivity index (χ4n) is 3.92. The van der Waals surface area contributed by atoms with Crippen LogP contribution in [0.3, 0.4) is 0 Å². The van der Waals surface area contributed by atoms with Crippen LogP contribution in [0.25, 0.3) is 0 Å². The standard InChI is InChI=1S/C10H17P/c11-5-6-1-7-3-9-4-8(2-6)10(7)9/h6-10H,1-5,11H2. The first-order chi connectivity index (χ1) is 5.38. The van der Waals surface area contributed by atoms with E-state index < -0.39 is 0 Å². The van der Waals surface area contributed by atoms with Gasteiger partial charge in [-0.3, -0.25) is 0 Å². The molecule has 3 saturated carbocycles. The number of hydrogen-bond donors (Lipinski definition) is 0. The molecule has 0 aliphatic heterocycles. The van der Waals surface area contributed by atoms with Gasteiger partial charge < -0.3 is 0 Å². The smallest absolute Gasteiger partial charge is 0.0328 e. The molecule has 0 N–H and O–H groups in total. The van der Waals surface area contributed by atoms with E-state index in [2.05, 4.69) is 9.24 Å². The first-order valence-corrected chi connectivity index (χ1v) is 5.90. The van der Waals surface area contributed by atoms with Gasteiger partial charge in [-0.15, -0.1) is 9.24 Å². The van der Waals surface area contributed by atoms with E-state index in [1.54, 1.807) is 25.7 Å². The van der Waals surface area contributed by atoms with Crippen molar-refractivity contribution in [2.45, 2.75) is 25.7 Å². The zero-order valence-corrected chi connectivity index (χ0v) is 8.15. The molecule has 0 bridgehead atoms. The molecule has 0 nitrogen and oxygen atoms in total. The highest BCUT2D eigenvalue weighted by molar-refractivity contribution is 7.16. The largest absolute Gasteiger partial charge is 0.137 e. The van der Waals surface area contributed by atoms with Gasteiger partial charge in [0.05, 0.1) is 0 Å². The third-order valence-electron chi connectivity index (χ3n) is 4.45. The highest BCUT2D eigenvalue weighted by atomic mass is 31.0. The van der Waals surface area contributed by atoms with Crippen LogP contribution in [0.1, 0.15) is 25.7 Å². The molecule has 3 rings (SSSR count). The van der Waals surface area contributed by atoms with Gasteiger partial charge in [-0.05, 0) is 61.4 Å². The topological polar surface area (TPSA) is 0 Å². The average Bonchev–Trinajstić information content (AvgIpc) is 1.92. The lowest BCUT2D eigenvalue weighted by Gasteiger charge is -2.63. The van der Waals surface area contributed by atoms with Crippen molar-refractivity contribution in [1.82, 2.24) is 0 Å². The van der Waals surface area contributed by atoms with Gasteiger partial charge >= 0.3 is 0 Å². The van der Waals surface area contributed by atoms with Gasteiger partial charge in [0.25, 0.3) is 0 Å². The molecule has 3 unspecified atom stereocenters. The van der Waals surface area contributed by atoms with E-state index >= 15 is 0 Å². The zero-order valence-electron chi connectivity index (χ0n) is 7.00. The third kappa shape index (κ3) is 0.800. The lowest BCUT2D eigenvalue weighted by Crippen LogP contribution is -2.55. The predicted molar refractivity (Wildman–Crippen MR) is 50.5 cm³/mol. The Morgan fingerprint density at radius 2 is 1.45 bits per heavy atom. The lowest BCUT2D eigenvalue weighted by atomic mass is 9.42. The first kappa shape index (κ1) is 6.89. The van der Waals surface area contributed by atoms with Crippen LogP contribution in [0.15, 0.2) is 0 Å². The average molecular weight is 168 g/mol. The second kappa shape index (κ2) is 2.22. The van der Waals surface area contributed by atoms with Crippen molar-refractivity contribution in [3.63, 3.8) is 0 Å². The molecule has 0 aromatic heterocycles. The van der Waals surface area contributed by atoms with Gasteiger partial charge in [0.2, 0.25) is 0 Å². The van der Waals surface area contributed by atoms with E-state index in [9.17, 15) is 0 Å². The number of hydrogen-bond acceptors (Lipinski definition) is 0. The molecule has 11 heavy (non-hydrogen) atoms. The summed E-state index contributed by atoms with van der Waals surface area (Å²) < 4.78 is 0. The molecule has 62 valence electrons.